The number of aryl methyl sites for hydroxylation is 3. The molecule has 3 heterocycles. The first-order valence-corrected chi connectivity index (χ1v) is 11.4. The third kappa shape index (κ3) is 3.67. The van der Waals surface area contributed by atoms with Gasteiger partial charge in [-0.15, -0.1) is 16.4 Å². The summed E-state index contributed by atoms with van der Waals surface area (Å²) in [5.41, 5.74) is 6.33. The second kappa shape index (κ2) is 7.87. The average molecular weight is 446 g/mol. The number of hydrogen-bond acceptors (Lipinski definition) is 5. The van der Waals surface area contributed by atoms with Gasteiger partial charge in [0.15, 0.2) is 0 Å². The lowest BCUT2D eigenvalue weighted by molar-refractivity contribution is -0.122. The van der Waals surface area contributed by atoms with Crippen molar-refractivity contribution in [2.75, 3.05) is 16.8 Å². The summed E-state index contributed by atoms with van der Waals surface area (Å²) in [6.45, 7) is 6.49. The molecule has 8 heteroatoms. The fraction of sp³-hybridized carbons (Fsp3) is 0.250. The predicted octanol–water partition coefficient (Wildman–Crippen LogP) is 4.37. The zero-order valence-corrected chi connectivity index (χ0v) is 18.9. The van der Waals surface area contributed by atoms with Gasteiger partial charge in [0.2, 0.25) is 22.7 Å². The summed E-state index contributed by atoms with van der Waals surface area (Å²) in [5, 5.41) is 9.35. The minimum absolute atomic E-state index is 0.0510. The lowest BCUT2D eigenvalue weighted by atomic mass is 10.0. The SMILES string of the molecule is Cc1ccc(N2CC(C(=O)Nc3nc4scc(-c5ccc(C)cc5C)n4n3)CC2=O)cc1. The minimum Gasteiger partial charge on any atom is -0.312 e. The van der Waals surface area contributed by atoms with Gasteiger partial charge in [0, 0.05) is 29.6 Å². The number of benzene rings is 2. The molecule has 1 N–H and O–H groups in total. The molecule has 2 aromatic heterocycles. The van der Waals surface area contributed by atoms with Crippen LogP contribution in [0.15, 0.2) is 47.8 Å². The van der Waals surface area contributed by atoms with Crippen LogP contribution in [0.1, 0.15) is 23.1 Å². The highest BCUT2D eigenvalue weighted by Crippen LogP contribution is 2.30. The molecule has 2 aromatic carbocycles. The maximum absolute atomic E-state index is 12.9. The third-order valence-electron chi connectivity index (χ3n) is 5.82. The number of amides is 2. The van der Waals surface area contributed by atoms with Gasteiger partial charge in [-0.2, -0.15) is 4.98 Å². The van der Waals surface area contributed by atoms with Crippen molar-refractivity contribution < 1.29 is 9.59 Å². The highest BCUT2D eigenvalue weighted by Gasteiger charge is 2.35. The minimum atomic E-state index is -0.441. The molecule has 5 rings (SSSR count). The molecule has 1 fully saturated rings. The molecule has 32 heavy (non-hydrogen) atoms. The zero-order chi connectivity index (χ0) is 22.4. The van der Waals surface area contributed by atoms with E-state index in [1.807, 2.05) is 36.6 Å². The topological polar surface area (TPSA) is 79.6 Å². The molecule has 1 aliphatic rings. The van der Waals surface area contributed by atoms with Crippen LogP contribution in [0, 0.1) is 26.7 Å². The monoisotopic (exact) mass is 445 g/mol. The van der Waals surface area contributed by atoms with Gasteiger partial charge in [-0.25, -0.2) is 4.52 Å². The van der Waals surface area contributed by atoms with Gasteiger partial charge in [0.05, 0.1) is 11.6 Å². The molecule has 1 aliphatic heterocycles. The van der Waals surface area contributed by atoms with E-state index >= 15 is 0 Å². The number of hydrogen-bond donors (Lipinski definition) is 1. The number of carbonyl (C=O) groups excluding carboxylic acids is 2. The van der Waals surface area contributed by atoms with E-state index in [0.29, 0.717) is 11.5 Å². The van der Waals surface area contributed by atoms with Crippen molar-refractivity contribution in [2.45, 2.75) is 27.2 Å². The molecule has 1 atom stereocenters. The lowest BCUT2D eigenvalue weighted by Crippen LogP contribution is -2.28. The normalized spacial score (nSPS) is 16.2. The summed E-state index contributed by atoms with van der Waals surface area (Å²) < 4.78 is 1.76. The summed E-state index contributed by atoms with van der Waals surface area (Å²) in [6.07, 6.45) is 0.176. The Balaban J connectivity index is 1.34. The van der Waals surface area contributed by atoms with Crippen molar-refractivity contribution in [3.8, 4) is 11.3 Å². The number of nitrogens with one attached hydrogen (secondary N) is 1. The molecule has 0 saturated carbocycles. The quantitative estimate of drug-likeness (QED) is 0.506. The van der Waals surface area contributed by atoms with E-state index in [0.717, 1.165) is 28.1 Å². The number of nitrogens with zero attached hydrogens (tertiary/aromatic N) is 4. The Morgan fingerprint density at radius 1 is 1.09 bits per heavy atom. The molecule has 7 nitrogen and oxygen atoms in total. The van der Waals surface area contributed by atoms with Crippen molar-refractivity contribution >= 4 is 39.7 Å². The summed E-state index contributed by atoms with van der Waals surface area (Å²) in [6, 6.07) is 14.0. The number of fused-ring (bicyclic) bond motifs is 1. The molecular weight excluding hydrogens is 422 g/mol. The van der Waals surface area contributed by atoms with Crippen LogP contribution in [-0.2, 0) is 9.59 Å². The van der Waals surface area contributed by atoms with Crippen LogP contribution < -0.4 is 10.2 Å². The van der Waals surface area contributed by atoms with E-state index in [9.17, 15) is 9.59 Å². The largest absolute Gasteiger partial charge is 0.312 e. The number of thiazole rings is 1. The summed E-state index contributed by atoms with van der Waals surface area (Å²) >= 11 is 1.48. The lowest BCUT2D eigenvalue weighted by Gasteiger charge is -2.16. The number of aromatic nitrogens is 3. The van der Waals surface area contributed by atoms with Crippen LogP contribution in [0.25, 0.3) is 16.2 Å². The Labute approximate surface area is 189 Å². The Hall–Kier alpha value is -3.52. The van der Waals surface area contributed by atoms with Gasteiger partial charge in [-0.1, -0.05) is 41.5 Å². The van der Waals surface area contributed by atoms with Crippen LogP contribution in [0.3, 0.4) is 0 Å². The maximum Gasteiger partial charge on any atom is 0.250 e. The molecule has 0 radical (unpaired) electrons. The predicted molar refractivity (Wildman–Crippen MR) is 126 cm³/mol. The Morgan fingerprint density at radius 2 is 1.84 bits per heavy atom. The summed E-state index contributed by atoms with van der Waals surface area (Å²) in [5.74, 6) is -0.470. The first-order valence-electron chi connectivity index (χ1n) is 10.5. The molecule has 162 valence electrons. The van der Waals surface area contributed by atoms with Gasteiger partial charge >= 0.3 is 0 Å². The number of rotatable bonds is 4. The van der Waals surface area contributed by atoms with Gasteiger partial charge in [-0.3, -0.25) is 14.9 Å². The average Bonchev–Trinajstić information content (AvgIpc) is 3.43. The van der Waals surface area contributed by atoms with E-state index in [2.05, 4.69) is 47.4 Å². The van der Waals surface area contributed by atoms with Gasteiger partial charge in [-0.05, 0) is 38.5 Å². The van der Waals surface area contributed by atoms with E-state index in [1.54, 1.807) is 9.42 Å². The molecule has 1 saturated heterocycles. The smallest absolute Gasteiger partial charge is 0.250 e. The van der Waals surface area contributed by atoms with Crippen LogP contribution in [0.5, 0.6) is 0 Å². The van der Waals surface area contributed by atoms with E-state index in [-0.39, 0.29) is 24.2 Å². The Morgan fingerprint density at radius 3 is 2.59 bits per heavy atom. The zero-order valence-electron chi connectivity index (χ0n) is 18.1. The molecule has 0 bridgehead atoms. The third-order valence-corrected chi connectivity index (χ3v) is 6.63. The van der Waals surface area contributed by atoms with Crippen molar-refractivity contribution in [1.29, 1.82) is 0 Å². The second-order valence-corrected chi connectivity index (χ2v) is 9.14. The fourth-order valence-corrected chi connectivity index (χ4v) is 4.91. The Bertz CT molecular complexity index is 1340. The van der Waals surface area contributed by atoms with Gasteiger partial charge in [0.1, 0.15) is 0 Å². The van der Waals surface area contributed by atoms with Gasteiger partial charge < -0.3 is 4.90 Å². The molecule has 4 aromatic rings. The van der Waals surface area contributed by atoms with Crippen LogP contribution in [0.2, 0.25) is 0 Å². The first kappa shape index (κ1) is 20.4. The van der Waals surface area contributed by atoms with E-state index < -0.39 is 5.92 Å². The van der Waals surface area contributed by atoms with Crippen LogP contribution in [-0.4, -0.2) is 33.0 Å². The van der Waals surface area contributed by atoms with Gasteiger partial charge in [0.25, 0.3) is 0 Å². The number of anilines is 2. The molecule has 1 unspecified atom stereocenters. The molecule has 0 spiro atoms. The molecule has 2 amide bonds. The standard InChI is InChI=1S/C24H23N5O2S/c1-14-4-7-18(8-5-14)28-12-17(11-21(28)30)22(31)25-23-26-24-29(27-23)20(13-32-24)19-9-6-15(2)10-16(19)3/h4-10,13,17H,11-12H2,1-3H3,(H,25,27,31). The van der Waals surface area contributed by atoms with Crippen LogP contribution in [0.4, 0.5) is 11.6 Å². The van der Waals surface area contributed by atoms with E-state index in [1.165, 1.54) is 16.9 Å². The fourth-order valence-electron chi connectivity index (χ4n) is 4.09. The summed E-state index contributed by atoms with van der Waals surface area (Å²) in [4.78, 5) is 32.2. The van der Waals surface area contributed by atoms with Crippen molar-refractivity contribution in [3.63, 3.8) is 0 Å². The Kier molecular flexibility index (Phi) is 5.01. The van der Waals surface area contributed by atoms with E-state index in [4.69, 9.17) is 0 Å². The highest BCUT2D eigenvalue weighted by molar-refractivity contribution is 7.15. The van der Waals surface area contributed by atoms with Crippen molar-refractivity contribution in [1.82, 2.24) is 14.6 Å². The highest BCUT2D eigenvalue weighted by atomic mass is 32.1. The number of carbonyl (C=O) groups is 2. The van der Waals surface area contributed by atoms with Crippen molar-refractivity contribution in [2.24, 2.45) is 5.92 Å². The summed E-state index contributed by atoms with van der Waals surface area (Å²) in [7, 11) is 0. The molecule has 0 aliphatic carbocycles. The van der Waals surface area contributed by atoms with Crippen molar-refractivity contribution in [3.05, 3.63) is 64.5 Å². The molecular formula is C24H23N5O2S. The second-order valence-electron chi connectivity index (χ2n) is 8.30. The van der Waals surface area contributed by atoms with Crippen LogP contribution >= 0.6 is 11.3 Å². The first-order chi connectivity index (χ1) is 15.4. The maximum atomic E-state index is 12.9.